The van der Waals surface area contributed by atoms with Crippen LogP contribution in [0.4, 0.5) is 4.39 Å². The Bertz CT molecular complexity index is 1300. The average molecular weight is 441 g/mol. The summed E-state index contributed by atoms with van der Waals surface area (Å²) in [5.41, 5.74) is 3.18. The minimum Gasteiger partial charge on any atom is -0.493 e. The maximum atomic E-state index is 13.6. The molecule has 7 nitrogen and oxygen atoms in total. The van der Waals surface area contributed by atoms with E-state index in [9.17, 15) is 14.3 Å². The van der Waals surface area contributed by atoms with Crippen LogP contribution in [0, 0.1) is 11.7 Å². The van der Waals surface area contributed by atoms with E-state index in [1.807, 2.05) is 10.6 Å². The molecule has 0 bridgehead atoms. The molecule has 1 aliphatic heterocycles. The first-order valence-electron chi connectivity index (χ1n) is 9.79. The summed E-state index contributed by atoms with van der Waals surface area (Å²) in [6, 6.07) is 6.16. The first-order valence-corrected chi connectivity index (χ1v) is 10.2. The molecule has 0 saturated carbocycles. The molecule has 4 aromatic rings. The van der Waals surface area contributed by atoms with E-state index in [0.717, 1.165) is 5.52 Å². The number of Topliss-reactive ketones (excluding diaryl/α,β-unsaturated/α-hetero) is 1. The molecule has 0 spiro atoms. The molecule has 5 rings (SSSR count). The Morgan fingerprint density at radius 2 is 2.23 bits per heavy atom. The molecule has 31 heavy (non-hydrogen) atoms. The average Bonchev–Trinajstić information content (AvgIpc) is 3.36. The maximum Gasteiger partial charge on any atom is 0.171 e. The number of H-pyrrole nitrogens is 1. The molecule has 158 valence electrons. The van der Waals surface area contributed by atoms with Crippen LogP contribution in [-0.4, -0.2) is 43.9 Å². The van der Waals surface area contributed by atoms with Gasteiger partial charge in [-0.1, -0.05) is 11.6 Å². The number of ether oxygens (including phenoxy) is 1. The van der Waals surface area contributed by atoms with Crippen LogP contribution in [0.5, 0.6) is 5.75 Å². The van der Waals surface area contributed by atoms with Crippen molar-refractivity contribution in [3.63, 3.8) is 0 Å². The Labute approximate surface area is 181 Å². The molecule has 0 radical (unpaired) electrons. The molecule has 0 fully saturated rings. The van der Waals surface area contributed by atoms with Gasteiger partial charge in [0.1, 0.15) is 16.7 Å². The number of aromatic nitrogens is 4. The number of benzene rings is 1. The fourth-order valence-electron chi connectivity index (χ4n) is 4.02. The first-order chi connectivity index (χ1) is 15.0. The molecular weight excluding hydrogens is 423 g/mol. The number of aliphatic hydroxyl groups is 1. The van der Waals surface area contributed by atoms with Crippen molar-refractivity contribution in [1.29, 1.82) is 0 Å². The Morgan fingerprint density at radius 1 is 1.35 bits per heavy atom. The molecule has 1 atom stereocenters. The van der Waals surface area contributed by atoms with Crippen molar-refractivity contribution < 1.29 is 19.0 Å². The highest BCUT2D eigenvalue weighted by molar-refractivity contribution is 6.32. The van der Waals surface area contributed by atoms with Crippen molar-refractivity contribution in [3.8, 4) is 17.0 Å². The normalized spacial score (nSPS) is 15.6. The number of ketones is 1. The third-order valence-corrected chi connectivity index (χ3v) is 5.83. The Balaban J connectivity index is 1.53. The standard InChI is InChI=1S/C22H18ClFN4O3/c23-22-16(9-26-27-22)18-7-19-15(8-25-18)17(10-28(19)3-4-29)21(30)13-5-12-6-14(24)1-2-20(12)31-11-13/h1-2,6-10,13,29H,3-5,11H2,(H,26,27). The lowest BCUT2D eigenvalue weighted by Gasteiger charge is -2.24. The third-order valence-electron chi connectivity index (χ3n) is 5.54. The van der Waals surface area contributed by atoms with Crippen molar-refractivity contribution in [1.82, 2.24) is 19.7 Å². The zero-order valence-electron chi connectivity index (χ0n) is 16.3. The van der Waals surface area contributed by atoms with Gasteiger partial charge >= 0.3 is 0 Å². The number of nitrogens with zero attached hydrogens (tertiary/aromatic N) is 3. The van der Waals surface area contributed by atoms with E-state index >= 15 is 0 Å². The van der Waals surface area contributed by atoms with Crippen LogP contribution < -0.4 is 4.74 Å². The van der Waals surface area contributed by atoms with Gasteiger partial charge in [0.2, 0.25) is 0 Å². The third kappa shape index (κ3) is 3.47. The molecule has 1 aliphatic rings. The number of rotatable bonds is 5. The summed E-state index contributed by atoms with van der Waals surface area (Å²) in [4.78, 5) is 17.8. The van der Waals surface area contributed by atoms with Gasteiger partial charge in [0.15, 0.2) is 5.78 Å². The highest BCUT2D eigenvalue weighted by atomic mass is 35.5. The van der Waals surface area contributed by atoms with Gasteiger partial charge < -0.3 is 14.4 Å². The molecule has 0 aliphatic carbocycles. The highest BCUT2D eigenvalue weighted by Gasteiger charge is 2.29. The van der Waals surface area contributed by atoms with E-state index < -0.39 is 5.92 Å². The second-order valence-electron chi connectivity index (χ2n) is 7.47. The van der Waals surface area contributed by atoms with Crippen molar-refractivity contribution in [3.05, 3.63) is 65.0 Å². The fourth-order valence-corrected chi connectivity index (χ4v) is 4.22. The lowest BCUT2D eigenvalue weighted by Crippen LogP contribution is -2.28. The van der Waals surface area contributed by atoms with Crippen molar-refractivity contribution in [2.75, 3.05) is 13.2 Å². The van der Waals surface area contributed by atoms with Crippen LogP contribution in [0.1, 0.15) is 15.9 Å². The summed E-state index contributed by atoms with van der Waals surface area (Å²) in [6.45, 7) is 0.461. The van der Waals surface area contributed by atoms with Crippen LogP contribution in [0.25, 0.3) is 22.2 Å². The molecule has 1 unspecified atom stereocenters. The smallest absolute Gasteiger partial charge is 0.171 e. The summed E-state index contributed by atoms with van der Waals surface area (Å²) < 4.78 is 21.2. The number of hydrogen-bond acceptors (Lipinski definition) is 5. The van der Waals surface area contributed by atoms with Gasteiger partial charge in [0.05, 0.1) is 42.1 Å². The lowest BCUT2D eigenvalue weighted by atomic mass is 9.90. The zero-order chi connectivity index (χ0) is 21.5. The van der Waals surface area contributed by atoms with E-state index in [-0.39, 0.29) is 24.8 Å². The molecule has 1 aromatic carbocycles. The Hall–Kier alpha value is -3.23. The molecule has 0 saturated heterocycles. The van der Waals surface area contributed by atoms with E-state index in [1.54, 1.807) is 24.7 Å². The van der Waals surface area contributed by atoms with Gasteiger partial charge in [-0.3, -0.25) is 14.9 Å². The number of pyridine rings is 1. The summed E-state index contributed by atoms with van der Waals surface area (Å²) in [5.74, 6) is -0.293. The molecule has 0 amide bonds. The van der Waals surface area contributed by atoms with Gasteiger partial charge in [-0.05, 0) is 36.2 Å². The fraction of sp³-hybridized carbons (Fsp3) is 0.227. The van der Waals surface area contributed by atoms with Crippen LogP contribution >= 0.6 is 11.6 Å². The maximum absolute atomic E-state index is 13.6. The van der Waals surface area contributed by atoms with E-state index in [4.69, 9.17) is 16.3 Å². The van der Waals surface area contributed by atoms with Crippen LogP contribution in [0.15, 0.2) is 42.9 Å². The topological polar surface area (TPSA) is 93.0 Å². The predicted molar refractivity (Wildman–Crippen MR) is 113 cm³/mol. The number of aromatic amines is 1. The second-order valence-corrected chi connectivity index (χ2v) is 7.85. The molecular formula is C22H18ClFN4O3. The summed E-state index contributed by atoms with van der Waals surface area (Å²) in [7, 11) is 0. The number of fused-ring (bicyclic) bond motifs is 2. The number of hydrogen-bond donors (Lipinski definition) is 2. The van der Waals surface area contributed by atoms with Crippen molar-refractivity contribution >= 4 is 28.3 Å². The summed E-state index contributed by atoms with van der Waals surface area (Å²) in [5, 5.41) is 17.1. The molecule has 9 heteroatoms. The first kappa shape index (κ1) is 19.7. The van der Waals surface area contributed by atoms with Crippen molar-refractivity contribution in [2.24, 2.45) is 5.92 Å². The van der Waals surface area contributed by atoms with E-state index in [1.165, 1.54) is 12.1 Å². The second kappa shape index (κ2) is 7.79. The van der Waals surface area contributed by atoms with E-state index in [2.05, 4.69) is 15.2 Å². The number of nitrogens with one attached hydrogen (secondary N) is 1. The van der Waals surface area contributed by atoms with Gasteiger partial charge in [-0.15, -0.1) is 0 Å². The Morgan fingerprint density at radius 3 is 3.00 bits per heavy atom. The minimum absolute atomic E-state index is 0.0826. The van der Waals surface area contributed by atoms with E-state index in [0.29, 0.717) is 51.6 Å². The zero-order valence-corrected chi connectivity index (χ0v) is 17.1. The predicted octanol–water partition coefficient (Wildman–Crippen LogP) is 3.65. The van der Waals surface area contributed by atoms with Crippen molar-refractivity contribution in [2.45, 2.75) is 13.0 Å². The monoisotopic (exact) mass is 440 g/mol. The largest absolute Gasteiger partial charge is 0.493 e. The van der Waals surface area contributed by atoms with Crippen LogP contribution in [-0.2, 0) is 13.0 Å². The SMILES string of the molecule is O=C(c1cn(CCO)c2cc(-c3cn[nH]c3Cl)ncc12)C1COc2ccc(F)cc2C1. The van der Waals surface area contributed by atoms with Gasteiger partial charge in [-0.2, -0.15) is 5.10 Å². The minimum atomic E-state index is -0.439. The quantitative estimate of drug-likeness (QED) is 0.462. The van der Waals surface area contributed by atoms with Gasteiger partial charge in [0, 0.05) is 29.9 Å². The molecule has 4 heterocycles. The number of halogens is 2. The highest BCUT2D eigenvalue weighted by Crippen LogP contribution is 2.33. The van der Waals surface area contributed by atoms with Gasteiger partial charge in [-0.25, -0.2) is 4.39 Å². The van der Waals surface area contributed by atoms with Gasteiger partial charge in [0.25, 0.3) is 0 Å². The lowest BCUT2D eigenvalue weighted by molar-refractivity contribution is 0.0856. The van der Waals surface area contributed by atoms with Crippen LogP contribution in [0.3, 0.4) is 0 Å². The number of carbonyl (C=O) groups excluding carboxylic acids is 1. The molecule has 2 N–H and O–H groups in total. The number of carbonyl (C=O) groups is 1. The summed E-state index contributed by atoms with van der Waals surface area (Å²) in [6.07, 6.45) is 5.34. The molecule has 3 aromatic heterocycles. The number of aliphatic hydroxyl groups excluding tert-OH is 1. The summed E-state index contributed by atoms with van der Waals surface area (Å²) >= 11 is 6.14. The Kier molecular flexibility index (Phi) is 4.95. The van der Waals surface area contributed by atoms with Crippen LogP contribution in [0.2, 0.25) is 5.15 Å².